The molecule has 0 atom stereocenters. The molecule has 0 bridgehead atoms. The minimum Gasteiger partial charge on any atom is -0.217 e. The molecule has 1 heterocycles. The van der Waals surface area contributed by atoms with Gasteiger partial charge in [-0.3, -0.25) is 0 Å². The topological polar surface area (TPSA) is 78.3 Å². The number of halogens is 2. The van der Waals surface area contributed by atoms with Crippen LogP contribution in [-0.2, 0) is 0 Å². The molecule has 0 saturated carbocycles. The van der Waals surface area contributed by atoms with Gasteiger partial charge in [-0.1, -0.05) is 0 Å². The molecule has 0 unspecified atom stereocenters. The van der Waals surface area contributed by atoms with Gasteiger partial charge in [0.1, 0.15) is 24.2 Å². The largest absolute Gasteiger partial charge is 0.252 e. The van der Waals surface area contributed by atoms with E-state index in [0.29, 0.717) is 0 Å². The van der Waals surface area contributed by atoms with Gasteiger partial charge >= 0.3 is 0 Å². The van der Waals surface area contributed by atoms with Crippen LogP contribution in [0.2, 0.25) is 0 Å². The van der Waals surface area contributed by atoms with Crippen LogP contribution in [-0.4, -0.2) is 14.8 Å². The Morgan fingerprint density at radius 2 is 2.06 bits per heavy atom. The van der Waals surface area contributed by atoms with E-state index in [4.69, 9.17) is 10.5 Å². The van der Waals surface area contributed by atoms with Gasteiger partial charge in [-0.2, -0.15) is 10.5 Å². The minimum absolute atomic E-state index is 0.0510. The predicted octanol–water partition coefficient (Wildman–Crippen LogP) is 1.91. The highest BCUT2D eigenvalue weighted by Crippen LogP contribution is 2.25. The van der Waals surface area contributed by atoms with Crippen molar-refractivity contribution < 1.29 is 4.39 Å². The molecule has 82 valence electrons. The SMILES string of the molecule is N#Cc1ncn(-c2ccc(C#N)c(Br)c2F)n1. The Morgan fingerprint density at radius 1 is 1.29 bits per heavy atom. The molecule has 1 aromatic carbocycles. The number of nitrogens with zero attached hydrogens (tertiary/aromatic N) is 5. The highest BCUT2D eigenvalue weighted by Gasteiger charge is 2.13. The van der Waals surface area contributed by atoms with Crippen LogP contribution >= 0.6 is 15.9 Å². The van der Waals surface area contributed by atoms with E-state index < -0.39 is 5.82 Å². The summed E-state index contributed by atoms with van der Waals surface area (Å²) in [5, 5.41) is 21.0. The van der Waals surface area contributed by atoms with E-state index in [1.165, 1.54) is 18.5 Å². The lowest BCUT2D eigenvalue weighted by Crippen LogP contribution is -2.00. The minimum atomic E-state index is -0.626. The first-order chi connectivity index (χ1) is 8.17. The molecular formula is C10H3BrFN5. The molecule has 7 heteroatoms. The third-order valence-electron chi connectivity index (χ3n) is 2.02. The van der Waals surface area contributed by atoms with Crippen molar-refractivity contribution in [1.82, 2.24) is 14.8 Å². The maximum atomic E-state index is 13.9. The third-order valence-corrected chi connectivity index (χ3v) is 2.80. The van der Waals surface area contributed by atoms with Gasteiger partial charge in [0, 0.05) is 0 Å². The first-order valence-corrected chi connectivity index (χ1v) is 5.17. The summed E-state index contributed by atoms with van der Waals surface area (Å²) in [6.07, 6.45) is 1.23. The standard InChI is InChI=1S/C10H3BrFN5/c11-9-6(3-13)1-2-7(10(9)12)17-5-15-8(4-14)16-17/h1-2,5H. The van der Waals surface area contributed by atoms with Crippen molar-refractivity contribution >= 4 is 15.9 Å². The second-order valence-electron chi connectivity index (χ2n) is 3.00. The molecule has 2 rings (SSSR count). The molecule has 0 aliphatic heterocycles. The van der Waals surface area contributed by atoms with Crippen LogP contribution in [0.5, 0.6) is 0 Å². The molecule has 0 saturated heterocycles. The highest BCUT2D eigenvalue weighted by molar-refractivity contribution is 9.10. The number of aromatic nitrogens is 3. The normalized spacial score (nSPS) is 9.65. The average Bonchev–Trinajstić information content (AvgIpc) is 2.81. The Morgan fingerprint density at radius 3 is 2.65 bits per heavy atom. The summed E-state index contributed by atoms with van der Waals surface area (Å²) >= 11 is 2.99. The second-order valence-corrected chi connectivity index (χ2v) is 3.79. The summed E-state index contributed by atoms with van der Waals surface area (Å²) in [4.78, 5) is 3.67. The zero-order valence-corrected chi connectivity index (χ0v) is 9.81. The van der Waals surface area contributed by atoms with E-state index in [-0.39, 0.29) is 21.5 Å². The number of hydrogen-bond acceptors (Lipinski definition) is 4. The molecule has 0 N–H and O–H groups in total. The predicted molar refractivity (Wildman–Crippen MR) is 58.4 cm³/mol. The molecule has 1 aromatic heterocycles. The van der Waals surface area contributed by atoms with Gasteiger partial charge < -0.3 is 0 Å². The highest BCUT2D eigenvalue weighted by atomic mass is 79.9. The molecule has 0 amide bonds. The van der Waals surface area contributed by atoms with Gasteiger partial charge in [0.2, 0.25) is 0 Å². The fourth-order valence-corrected chi connectivity index (χ4v) is 1.66. The summed E-state index contributed by atoms with van der Waals surface area (Å²) in [6, 6.07) is 6.44. The number of rotatable bonds is 1. The quantitative estimate of drug-likeness (QED) is 0.804. The van der Waals surface area contributed by atoms with Crippen LogP contribution in [0.1, 0.15) is 11.4 Å². The van der Waals surface area contributed by atoms with Gasteiger partial charge in [0.25, 0.3) is 5.82 Å². The molecule has 0 fully saturated rings. The summed E-state index contributed by atoms with van der Waals surface area (Å²) in [7, 11) is 0. The van der Waals surface area contributed by atoms with Crippen LogP contribution < -0.4 is 0 Å². The molecule has 17 heavy (non-hydrogen) atoms. The van der Waals surface area contributed by atoms with Gasteiger partial charge in [-0.15, -0.1) is 5.10 Å². The van der Waals surface area contributed by atoms with Crippen molar-refractivity contribution in [2.75, 3.05) is 0 Å². The first kappa shape index (κ1) is 11.2. The number of hydrogen-bond donors (Lipinski definition) is 0. The lowest BCUT2D eigenvalue weighted by atomic mass is 10.2. The van der Waals surface area contributed by atoms with Crippen molar-refractivity contribution in [2.45, 2.75) is 0 Å². The van der Waals surface area contributed by atoms with Crippen molar-refractivity contribution in [3.8, 4) is 17.8 Å². The molecule has 5 nitrogen and oxygen atoms in total. The van der Waals surface area contributed by atoms with Gasteiger partial charge in [0.05, 0.1) is 10.0 Å². The van der Waals surface area contributed by atoms with Crippen molar-refractivity contribution in [3.63, 3.8) is 0 Å². The van der Waals surface area contributed by atoms with Crippen molar-refractivity contribution in [3.05, 3.63) is 40.1 Å². The number of nitriles is 2. The van der Waals surface area contributed by atoms with E-state index in [2.05, 4.69) is 26.0 Å². The van der Waals surface area contributed by atoms with Crippen LogP contribution in [0.4, 0.5) is 4.39 Å². The fourth-order valence-electron chi connectivity index (χ4n) is 1.23. The maximum absolute atomic E-state index is 13.9. The zero-order chi connectivity index (χ0) is 12.4. The Labute approximate surface area is 104 Å². The van der Waals surface area contributed by atoms with E-state index in [9.17, 15) is 4.39 Å². The van der Waals surface area contributed by atoms with E-state index in [0.717, 1.165) is 4.68 Å². The van der Waals surface area contributed by atoms with Crippen LogP contribution in [0.15, 0.2) is 22.9 Å². The average molecular weight is 292 g/mol. The fraction of sp³-hybridized carbons (Fsp3) is 0. The van der Waals surface area contributed by atoms with E-state index in [1.807, 2.05) is 6.07 Å². The smallest absolute Gasteiger partial charge is 0.217 e. The summed E-state index contributed by atoms with van der Waals surface area (Å²) in [5.74, 6) is -0.677. The Hall–Kier alpha value is -2.25. The molecule has 2 aromatic rings. The van der Waals surface area contributed by atoms with Crippen LogP contribution in [0.25, 0.3) is 5.69 Å². The van der Waals surface area contributed by atoms with Crippen molar-refractivity contribution in [2.24, 2.45) is 0 Å². The summed E-state index contributed by atoms with van der Waals surface area (Å²) in [5.41, 5.74) is 0.303. The van der Waals surface area contributed by atoms with Gasteiger partial charge in [-0.25, -0.2) is 14.1 Å². The summed E-state index contributed by atoms with van der Waals surface area (Å²) < 4.78 is 15.1. The molecule has 0 aliphatic rings. The third kappa shape index (κ3) is 1.88. The van der Waals surface area contributed by atoms with E-state index in [1.54, 1.807) is 6.07 Å². The molecule has 0 spiro atoms. The summed E-state index contributed by atoms with van der Waals surface area (Å²) in [6.45, 7) is 0. The van der Waals surface area contributed by atoms with Crippen LogP contribution in [0.3, 0.4) is 0 Å². The Balaban J connectivity index is 2.59. The first-order valence-electron chi connectivity index (χ1n) is 4.37. The Bertz CT molecular complexity index is 664. The Kier molecular flexibility index (Phi) is 2.86. The molecule has 0 aliphatic carbocycles. The van der Waals surface area contributed by atoms with Crippen molar-refractivity contribution in [1.29, 1.82) is 10.5 Å². The second kappa shape index (κ2) is 4.32. The zero-order valence-electron chi connectivity index (χ0n) is 8.22. The van der Waals surface area contributed by atoms with Gasteiger partial charge in [-0.05, 0) is 28.1 Å². The van der Waals surface area contributed by atoms with E-state index >= 15 is 0 Å². The van der Waals surface area contributed by atoms with Crippen LogP contribution in [0, 0.1) is 28.5 Å². The lowest BCUT2D eigenvalue weighted by Gasteiger charge is -2.04. The molecule has 0 radical (unpaired) electrons. The monoisotopic (exact) mass is 291 g/mol. The molecular weight excluding hydrogens is 289 g/mol. The number of benzene rings is 1. The van der Waals surface area contributed by atoms with Gasteiger partial charge in [0.15, 0.2) is 5.82 Å². The lowest BCUT2D eigenvalue weighted by molar-refractivity contribution is 0.603. The maximum Gasteiger partial charge on any atom is 0.252 e.